The van der Waals surface area contributed by atoms with Crippen molar-refractivity contribution in [1.29, 1.82) is 0 Å². The van der Waals surface area contributed by atoms with Crippen LogP contribution in [0.1, 0.15) is 36.0 Å². The van der Waals surface area contributed by atoms with Crippen molar-refractivity contribution in [3.63, 3.8) is 0 Å². The van der Waals surface area contributed by atoms with Gasteiger partial charge in [0.25, 0.3) is 0 Å². The third-order valence-corrected chi connectivity index (χ3v) is 3.24. The van der Waals surface area contributed by atoms with Crippen LogP contribution in [-0.2, 0) is 4.79 Å². The van der Waals surface area contributed by atoms with Crippen molar-refractivity contribution in [2.75, 3.05) is 6.54 Å². The van der Waals surface area contributed by atoms with E-state index >= 15 is 0 Å². The SMILES string of the molecule is Cc1ccc(C)c(C(C)CC(CN)C(=O)O)c1. The first-order valence-corrected chi connectivity index (χ1v) is 5.95. The number of nitrogens with two attached hydrogens (primary N) is 1. The zero-order valence-electron chi connectivity index (χ0n) is 10.7. The van der Waals surface area contributed by atoms with Gasteiger partial charge in [0.15, 0.2) is 0 Å². The van der Waals surface area contributed by atoms with E-state index in [2.05, 4.69) is 32.0 Å². The average molecular weight is 235 g/mol. The number of rotatable bonds is 5. The van der Waals surface area contributed by atoms with Gasteiger partial charge in [0, 0.05) is 6.54 Å². The first-order valence-electron chi connectivity index (χ1n) is 5.95. The van der Waals surface area contributed by atoms with Gasteiger partial charge in [-0.05, 0) is 37.3 Å². The summed E-state index contributed by atoms with van der Waals surface area (Å²) in [6.45, 7) is 6.37. The smallest absolute Gasteiger partial charge is 0.307 e. The molecule has 2 atom stereocenters. The molecule has 1 aromatic carbocycles. The van der Waals surface area contributed by atoms with Crippen LogP contribution in [0.2, 0.25) is 0 Å². The summed E-state index contributed by atoms with van der Waals surface area (Å²) < 4.78 is 0. The lowest BCUT2D eigenvalue weighted by Crippen LogP contribution is -2.25. The Morgan fingerprint density at radius 3 is 2.59 bits per heavy atom. The fourth-order valence-corrected chi connectivity index (χ4v) is 2.14. The van der Waals surface area contributed by atoms with Crippen LogP contribution in [0.4, 0.5) is 0 Å². The molecular formula is C14H21NO2. The lowest BCUT2D eigenvalue weighted by Gasteiger charge is -2.19. The van der Waals surface area contributed by atoms with Crippen LogP contribution in [0.15, 0.2) is 18.2 Å². The fraction of sp³-hybridized carbons (Fsp3) is 0.500. The summed E-state index contributed by atoms with van der Waals surface area (Å²) in [6, 6.07) is 6.29. The molecule has 0 aliphatic heterocycles. The Morgan fingerprint density at radius 1 is 1.41 bits per heavy atom. The maximum absolute atomic E-state index is 11.0. The molecule has 17 heavy (non-hydrogen) atoms. The van der Waals surface area contributed by atoms with E-state index in [1.165, 1.54) is 16.7 Å². The Labute approximate surface area is 103 Å². The number of benzene rings is 1. The second-order valence-corrected chi connectivity index (χ2v) is 4.77. The average Bonchev–Trinajstić information content (AvgIpc) is 2.28. The summed E-state index contributed by atoms with van der Waals surface area (Å²) in [5.74, 6) is -1.03. The molecule has 0 heterocycles. The predicted molar refractivity (Wildman–Crippen MR) is 69.1 cm³/mol. The van der Waals surface area contributed by atoms with Crippen molar-refractivity contribution < 1.29 is 9.90 Å². The van der Waals surface area contributed by atoms with Crippen molar-refractivity contribution in [2.24, 2.45) is 11.7 Å². The molecule has 3 nitrogen and oxygen atoms in total. The molecule has 94 valence electrons. The second-order valence-electron chi connectivity index (χ2n) is 4.77. The molecule has 0 fully saturated rings. The minimum atomic E-state index is -0.801. The Morgan fingerprint density at radius 2 is 2.06 bits per heavy atom. The highest BCUT2D eigenvalue weighted by Crippen LogP contribution is 2.26. The van der Waals surface area contributed by atoms with Gasteiger partial charge >= 0.3 is 5.97 Å². The maximum atomic E-state index is 11.0. The number of hydrogen-bond donors (Lipinski definition) is 2. The summed E-state index contributed by atoms with van der Waals surface area (Å²) in [6.07, 6.45) is 0.593. The van der Waals surface area contributed by atoms with Crippen LogP contribution in [0.5, 0.6) is 0 Å². The van der Waals surface area contributed by atoms with Crippen molar-refractivity contribution in [3.8, 4) is 0 Å². The van der Waals surface area contributed by atoms with Crippen molar-refractivity contribution in [3.05, 3.63) is 34.9 Å². The van der Waals surface area contributed by atoms with Crippen LogP contribution in [0.3, 0.4) is 0 Å². The Kier molecular flexibility index (Phi) is 4.70. The third-order valence-electron chi connectivity index (χ3n) is 3.24. The van der Waals surface area contributed by atoms with E-state index in [1.54, 1.807) is 0 Å². The van der Waals surface area contributed by atoms with Crippen LogP contribution in [-0.4, -0.2) is 17.6 Å². The van der Waals surface area contributed by atoms with Crippen LogP contribution in [0, 0.1) is 19.8 Å². The molecule has 0 saturated carbocycles. The molecule has 2 unspecified atom stereocenters. The Balaban J connectivity index is 2.85. The first-order chi connectivity index (χ1) is 7.95. The van der Waals surface area contributed by atoms with E-state index in [0.717, 1.165) is 0 Å². The summed E-state index contributed by atoms with van der Waals surface area (Å²) >= 11 is 0. The number of aryl methyl sites for hydroxylation is 2. The largest absolute Gasteiger partial charge is 0.481 e. The molecule has 1 aromatic rings. The van der Waals surface area contributed by atoms with E-state index in [1.807, 2.05) is 6.92 Å². The maximum Gasteiger partial charge on any atom is 0.307 e. The van der Waals surface area contributed by atoms with E-state index in [-0.39, 0.29) is 12.5 Å². The van der Waals surface area contributed by atoms with E-state index in [9.17, 15) is 4.79 Å². The fourth-order valence-electron chi connectivity index (χ4n) is 2.14. The topological polar surface area (TPSA) is 63.3 Å². The molecule has 0 aromatic heterocycles. The zero-order chi connectivity index (χ0) is 13.0. The van der Waals surface area contributed by atoms with Gasteiger partial charge in [-0.15, -0.1) is 0 Å². The summed E-state index contributed by atoms with van der Waals surface area (Å²) in [4.78, 5) is 11.0. The minimum absolute atomic E-state index is 0.199. The van der Waals surface area contributed by atoms with Gasteiger partial charge in [-0.25, -0.2) is 0 Å². The molecule has 3 N–H and O–H groups in total. The van der Waals surface area contributed by atoms with Gasteiger partial charge < -0.3 is 10.8 Å². The summed E-state index contributed by atoms with van der Waals surface area (Å²) in [5, 5.41) is 9.01. The molecule has 0 bridgehead atoms. The predicted octanol–water partition coefficient (Wildman–Crippen LogP) is 2.46. The lowest BCUT2D eigenvalue weighted by molar-refractivity contribution is -0.141. The quantitative estimate of drug-likeness (QED) is 0.824. The number of hydrogen-bond acceptors (Lipinski definition) is 2. The highest BCUT2D eigenvalue weighted by atomic mass is 16.4. The van der Waals surface area contributed by atoms with Crippen molar-refractivity contribution in [1.82, 2.24) is 0 Å². The summed E-state index contributed by atoms with van der Waals surface area (Å²) in [5.41, 5.74) is 9.13. The highest BCUT2D eigenvalue weighted by Gasteiger charge is 2.20. The standard InChI is InChI=1S/C14H21NO2/c1-9-4-5-10(2)13(6-9)11(3)7-12(8-15)14(16)17/h4-6,11-12H,7-8,15H2,1-3H3,(H,16,17). The number of carboxylic acid groups (broad SMARTS) is 1. The minimum Gasteiger partial charge on any atom is -0.481 e. The van der Waals surface area contributed by atoms with Crippen LogP contribution < -0.4 is 5.73 Å². The zero-order valence-corrected chi connectivity index (χ0v) is 10.7. The van der Waals surface area contributed by atoms with Gasteiger partial charge in [0.2, 0.25) is 0 Å². The molecule has 0 spiro atoms. The van der Waals surface area contributed by atoms with Gasteiger partial charge in [-0.1, -0.05) is 30.7 Å². The van der Waals surface area contributed by atoms with E-state index in [4.69, 9.17) is 10.8 Å². The monoisotopic (exact) mass is 235 g/mol. The van der Waals surface area contributed by atoms with Gasteiger partial charge in [-0.3, -0.25) is 4.79 Å². The molecule has 0 aliphatic rings. The number of carbonyl (C=O) groups is 1. The Bertz CT molecular complexity index is 401. The Hall–Kier alpha value is -1.35. The number of carboxylic acids is 1. The van der Waals surface area contributed by atoms with Gasteiger partial charge in [0.05, 0.1) is 5.92 Å². The van der Waals surface area contributed by atoms with Crippen LogP contribution >= 0.6 is 0 Å². The van der Waals surface area contributed by atoms with Crippen LogP contribution in [0.25, 0.3) is 0 Å². The number of aliphatic carboxylic acids is 1. The molecule has 3 heteroatoms. The molecule has 1 rings (SSSR count). The second kappa shape index (κ2) is 5.82. The third kappa shape index (κ3) is 3.56. The first kappa shape index (κ1) is 13.7. The van der Waals surface area contributed by atoms with E-state index < -0.39 is 11.9 Å². The lowest BCUT2D eigenvalue weighted by atomic mass is 9.87. The van der Waals surface area contributed by atoms with Gasteiger partial charge in [-0.2, -0.15) is 0 Å². The summed E-state index contributed by atoms with van der Waals surface area (Å²) in [7, 11) is 0. The normalized spacial score (nSPS) is 14.4. The molecule has 0 amide bonds. The molecule has 0 aliphatic carbocycles. The molecule has 0 radical (unpaired) electrons. The highest BCUT2D eigenvalue weighted by molar-refractivity contribution is 5.70. The van der Waals surface area contributed by atoms with Crippen molar-refractivity contribution >= 4 is 5.97 Å². The molecular weight excluding hydrogens is 214 g/mol. The van der Waals surface area contributed by atoms with E-state index in [0.29, 0.717) is 6.42 Å². The van der Waals surface area contributed by atoms with Crippen molar-refractivity contribution in [2.45, 2.75) is 33.1 Å². The molecule has 0 saturated heterocycles. The van der Waals surface area contributed by atoms with Gasteiger partial charge in [0.1, 0.15) is 0 Å².